The van der Waals surface area contributed by atoms with Gasteiger partial charge in [-0.15, -0.1) is 0 Å². The number of rotatable bonds is 10. The zero-order valence-electron chi connectivity index (χ0n) is 33.4. The lowest BCUT2D eigenvalue weighted by molar-refractivity contribution is 1.27. The molecule has 0 aliphatic rings. The normalized spacial score (nSPS) is 11.3. The highest BCUT2D eigenvalue weighted by Gasteiger charge is 2.14. The Bertz CT molecular complexity index is 2680. The second-order valence-electron chi connectivity index (χ2n) is 15.0. The van der Waals surface area contributed by atoms with Crippen LogP contribution >= 0.6 is 0 Å². The van der Waals surface area contributed by atoms with Gasteiger partial charge in [0, 0.05) is 39.5 Å². The van der Waals surface area contributed by atoms with Crippen molar-refractivity contribution in [3.8, 4) is 6.07 Å². The molecule has 0 saturated carbocycles. The van der Waals surface area contributed by atoms with Gasteiger partial charge in [0.2, 0.25) is 0 Å². The standard InChI is InChI=1S/C55H45N3/c1-39-5-24-48(25-6-39)57(49-26-7-40(2)8-27-49)52-32-16-43(17-33-52)13-14-45-20-36-54-47(37-45)23-22-46(55(54)38-56)21-15-44-18-34-53(35-19-44)58(50-28-9-41(3)10-29-50)51-30-11-42(4)12-31-51/h5-37H,1-4H3/b14-13+,21-15+. The molecule has 0 heterocycles. The van der Waals surface area contributed by atoms with Crippen LogP contribution in [0.3, 0.4) is 0 Å². The molecule has 0 amide bonds. The first-order valence-electron chi connectivity index (χ1n) is 19.7. The van der Waals surface area contributed by atoms with E-state index in [1.807, 2.05) is 12.1 Å². The van der Waals surface area contributed by atoms with Gasteiger partial charge >= 0.3 is 0 Å². The minimum atomic E-state index is 0.674. The molecule has 58 heavy (non-hydrogen) atoms. The third-order valence-electron chi connectivity index (χ3n) is 10.6. The third kappa shape index (κ3) is 8.38. The number of aryl methyl sites for hydroxylation is 4. The topological polar surface area (TPSA) is 30.3 Å². The maximum absolute atomic E-state index is 10.3. The van der Waals surface area contributed by atoms with Crippen LogP contribution in [0.4, 0.5) is 34.1 Å². The van der Waals surface area contributed by atoms with Crippen molar-refractivity contribution < 1.29 is 0 Å². The van der Waals surface area contributed by atoms with Crippen LogP contribution in [0.2, 0.25) is 0 Å². The van der Waals surface area contributed by atoms with Crippen molar-refractivity contribution in [2.45, 2.75) is 27.7 Å². The number of nitriles is 1. The van der Waals surface area contributed by atoms with Crippen LogP contribution in [-0.4, -0.2) is 0 Å². The summed E-state index contributed by atoms with van der Waals surface area (Å²) < 4.78 is 0. The number of benzene rings is 8. The maximum Gasteiger partial charge on any atom is 0.100 e. The van der Waals surface area contributed by atoms with Crippen LogP contribution in [0.5, 0.6) is 0 Å². The van der Waals surface area contributed by atoms with E-state index in [4.69, 9.17) is 0 Å². The van der Waals surface area contributed by atoms with Crippen molar-refractivity contribution in [2.75, 3.05) is 9.80 Å². The second-order valence-corrected chi connectivity index (χ2v) is 15.0. The van der Waals surface area contributed by atoms with E-state index in [1.165, 1.54) is 22.3 Å². The number of anilines is 6. The quantitative estimate of drug-likeness (QED) is 0.131. The Hall–Kier alpha value is -7.41. The highest BCUT2D eigenvalue weighted by atomic mass is 15.1. The second kappa shape index (κ2) is 16.8. The first-order chi connectivity index (χ1) is 28.3. The van der Waals surface area contributed by atoms with Crippen molar-refractivity contribution in [1.29, 1.82) is 5.26 Å². The molecule has 8 aromatic carbocycles. The highest BCUT2D eigenvalue weighted by molar-refractivity contribution is 5.94. The average molecular weight is 748 g/mol. The van der Waals surface area contributed by atoms with Gasteiger partial charge in [-0.3, -0.25) is 0 Å². The molecule has 0 bridgehead atoms. The van der Waals surface area contributed by atoms with Crippen molar-refractivity contribution in [3.63, 3.8) is 0 Å². The summed E-state index contributed by atoms with van der Waals surface area (Å²) in [5.41, 5.74) is 16.4. The van der Waals surface area contributed by atoms with E-state index in [9.17, 15) is 5.26 Å². The summed E-state index contributed by atoms with van der Waals surface area (Å²) >= 11 is 0. The molecule has 0 radical (unpaired) electrons. The van der Waals surface area contributed by atoms with Crippen LogP contribution in [-0.2, 0) is 0 Å². The van der Waals surface area contributed by atoms with Crippen molar-refractivity contribution >= 4 is 69.2 Å². The molecule has 8 aromatic rings. The van der Waals surface area contributed by atoms with Crippen LogP contribution in [0.1, 0.15) is 50.1 Å². The summed E-state index contributed by atoms with van der Waals surface area (Å²) in [5.74, 6) is 0. The van der Waals surface area contributed by atoms with Gasteiger partial charge < -0.3 is 9.80 Å². The Morgan fingerprint density at radius 2 is 0.690 bits per heavy atom. The zero-order valence-corrected chi connectivity index (χ0v) is 33.4. The lowest BCUT2D eigenvalue weighted by Gasteiger charge is -2.25. The van der Waals surface area contributed by atoms with Crippen molar-refractivity contribution in [3.05, 3.63) is 226 Å². The fourth-order valence-corrected chi connectivity index (χ4v) is 7.25. The summed E-state index contributed by atoms with van der Waals surface area (Å²) in [4.78, 5) is 4.56. The summed E-state index contributed by atoms with van der Waals surface area (Å²) in [6, 6.07) is 64.7. The molecule has 8 rings (SSSR count). The predicted molar refractivity (Wildman–Crippen MR) is 248 cm³/mol. The molecule has 0 saturated heterocycles. The van der Waals surface area contributed by atoms with Crippen LogP contribution < -0.4 is 9.80 Å². The smallest absolute Gasteiger partial charge is 0.100 e. The summed E-state index contributed by atoms with van der Waals surface area (Å²) in [5, 5.41) is 12.3. The van der Waals surface area contributed by atoms with Gasteiger partial charge in [0.1, 0.15) is 6.07 Å². The molecule has 0 unspecified atom stereocenters. The zero-order chi connectivity index (χ0) is 40.0. The highest BCUT2D eigenvalue weighted by Crippen LogP contribution is 2.37. The van der Waals surface area contributed by atoms with Crippen molar-refractivity contribution in [2.24, 2.45) is 0 Å². The van der Waals surface area contributed by atoms with Gasteiger partial charge in [-0.1, -0.05) is 144 Å². The van der Waals surface area contributed by atoms with E-state index < -0.39 is 0 Å². The van der Waals surface area contributed by atoms with E-state index in [2.05, 4.69) is 232 Å². The fourth-order valence-electron chi connectivity index (χ4n) is 7.25. The molecular formula is C55H45N3. The first kappa shape index (κ1) is 37.5. The molecule has 3 heteroatoms. The summed E-state index contributed by atoms with van der Waals surface area (Å²) in [6.07, 6.45) is 8.40. The van der Waals surface area contributed by atoms with Gasteiger partial charge in [-0.05, 0) is 134 Å². The Kier molecular flexibility index (Phi) is 10.8. The third-order valence-corrected chi connectivity index (χ3v) is 10.6. The Labute approximate surface area is 342 Å². The number of nitrogens with zero attached hydrogens (tertiary/aromatic N) is 3. The van der Waals surface area contributed by atoms with E-state index in [0.717, 1.165) is 67.2 Å². The number of hydrogen-bond donors (Lipinski definition) is 0. The van der Waals surface area contributed by atoms with Crippen LogP contribution in [0.25, 0.3) is 35.1 Å². The largest absolute Gasteiger partial charge is 0.311 e. The molecular weight excluding hydrogens is 703 g/mol. The van der Waals surface area contributed by atoms with Crippen LogP contribution in [0, 0.1) is 39.0 Å². The number of hydrogen-bond acceptors (Lipinski definition) is 3. The summed E-state index contributed by atoms with van der Waals surface area (Å²) in [7, 11) is 0. The first-order valence-corrected chi connectivity index (χ1v) is 19.7. The number of fused-ring (bicyclic) bond motifs is 1. The van der Waals surface area contributed by atoms with E-state index in [-0.39, 0.29) is 0 Å². The molecule has 0 N–H and O–H groups in total. The minimum absolute atomic E-state index is 0.674. The lowest BCUT2D eigenvalue weighted by atomic mass is 9.97. The minimum Gasteiger partial charge on any atom is -0.311 e. The summed E-state index contributed by atoms with van der Waals surface area (Å²) in [6.45, 7) is 8.45. The molecule has 0 aliphatic carbocycles. The van der Waals surface area contributed by atoms with Gasteiger partial charge in [0.15, 0.2) is 0 Å². The van der Waals surface area contributed by atoms with E-state index >= 15 is 0 Å². The Morgan fingerprint density at radius 1 is 0.362 bits per heavy atom. The van der Waals surface area contributed by atoms with Crippen LogP contribution in [0.15, 0.2) is 176 Å². The molecule has 280 valence electrons. The SMILES string of the molecule is Cc1ccc(N(c2ccc(C)cc2)c2ccc(/C=C/c3ccc4c(C#N)c(/C=C/c5ccc(N(c6ccc(C)cc6)c6ccc(C)cc6)cc5)ccc4c3)cc2)cc1. The van der Waals surface area contributed by atoms with Gasteiger partial charge in [0.05, 0.1) is 5.56 Å². The molecule has 0 aliphatic heterocycles. The molecule has 0 fully saturated rings. The monoisotopic (exact) mass is 747 g/mol. The van der Waals surface area contributed by atoms with Gasteiger partial charge in [-0.25, -0.2) is 0 Å². The van der Waals surface area contributed by atoms with Gasteiger partial charge in [-0.2, -0.15) is 5.26 Å². The maximum atomic E-state index is 10.3. The predicted octanol–water partition coefficient (Wildman–Crippen LogP) is 15.2. The fraction of sp³-hybridized carbons (Fsp3) is 0.0727. The molecule has 3 nitrogen and oxygen atoms in total. The Morgan fingerprint density at radius 3 is 1.07 bits per heavy atom. The molecule has 0 atom stereocenters. The van der Waals surface area contributed by atoms with Crippen molar-refractivity contribution in [1.82, 2.24) is 0 Å². The van der Waals surface area contributed by atoms with E-state index in [0.29, 0.717) is 5.56 Å². The Balaban J connectivity index is 0.994. The van der Waals surface area contributed by atoms with Gasteiger partial charge in [0.25, 0.3) is 0 Å². The molecule has 0 spiro atoms. The lowest BCUT2D eigenvalue weighted by Crippen LogP contribution is -2.09. The average Bonchev–Trinajstić information content (AvgIpc) is 3.25. The van der Waals surface area contributed by atoms with E-state index in [1.54, 1.807) is 0 Å². The molecule has 0 aromatic heterocycles.